The maximum absolute atomic E-state index is 8.77. The molecule has 0 fully saturated rings. The normalized spacial score (nSPS) is 9.89. The summed E-state index contributed by atoms with van der Waals surface area (Å²) in [5, 5.41) is 9.77. The van der Waals surface area contributed by atoms with Gasteiger partial charge in [-0.3, -0.25) is 0 Å². The molecule has 0 saturated carbocycles. The molecule has 0 radical (unpaired) electrons. The summed E-state index contributed by atoms with van der Waals surface area (Å²) in [6.45, 7) is 0. The Morgan fingerprint density at radius 2 is 1.72 bits per heavy atom. The molecule has 2 aromatic rings. The lowest BCUT2D eigenvalue weighted by Gasteiger charge is -2.08. The van der Waals surface area contributed by atoms with Crippen molar-refractivity contribution in [2.75, 3.05) is 0 Å². The first-order valence-corrected chi connectivity index (χ1v) is 6.47. The van der Waals surface area contributed by atoms with Gasteiger partial charge in [0, 0.05) is 10.0 Å². The highest BCUT2D eigenvalue weighted by Crippen LogP contribution is 2.33. The highest BCUT2D eigenvalue weighted by atomic mass is 79.9. The van der Waals surface area contributed by atoms with Crippen molar-refractivity contribution in [2.24, 2.45) is 0 Å². The Morgan fingerprint density at radius 1 is 1.06 bits per heavy atom. The summed E-state index contributed by atoms with van der Waals surface area (Å²) in [5.41, 5.74) is 0.554. The van der Waals surface area contributed by atoms with Crippen LogP contribution in [0.2, 0.25) is 10.0 Å². The Balaban J connectivity index is 2.31. The Bertz CT molecular complexity index is 617. The molecule has 0 heterocycles. The number of hydrogen-bond donors (Lipinski definition) is 0. The highest BCUT2D eigenvalue weighted by Gasteiger charge is 2.05. The number of nitriles is 1. The summed E-state index contributed by atoms with van der Waals surface area (Å²) in [7, 11) is 0. The number of hydrogen-bond acceptors (Lipinski definition) is 2. The summed E-state index contributed by atoms with van der Waals surface area (Å²) in [6, 6.07) is 12.1. The van der Waals surface area contributed by atoms with Crippen molar-refractivity contribution < 1.29 is 4.74 Å². The molecule has 0 spiro atoms. The van der Waals surface area contributed by atoms with E-state index in [-0.39, 0.29) is 0 Å². The third kappa shape index (κ3) is 3.17. The number of nitrogens with zero attached hydrogens (tertiary/aromatic N) is 1. The van der Waals surface area contributed by atoms with Crippen LogP contribution in [0.5, 0.6) is 11.5 Å². The fraction of sp³-hybridized carbons (Fsp3) is 0. The standard InChI is InChI=1S/C13H6BrCl2NO/c14-12-3-8(7-17)1-2-13(12)18-11-5-9(15)4-10(16)6-11/h1-6H. The number of benzene rings is 2. The first-order valence-electron chi connectivity index (χ1n) is 4.92. The molecule has 0 aliphatic rings. The van der Waals surface area contributed by atoms with Crippen LogP contribution < -0.4 is 4.74 Å². The van der Waals surface area contributed by atoms with Crippen LogP contribution >= 0.6 is 39.1 Å². The molecule has 0 aliphatic heterocycles. The largest absolute Gasteiger partial charge is 0.456 e. The van der Waals surface area contributed by atoms with Crippen molar-refractivity contribution in [3.05, 3.63) is 56.5 Å². The van der Waals surface area contributed by atoms with Gasteiger partial charge in [-0.05, 0) is 52.3 Å². The smallest absolute Gasteiger partial charge is 0.141 e. The first-order chi connectivity index (χ1) is 8.58. The molecule has 2 nitrogen and oxygen atoms in total. The lowest BCUT2D eigenvalue weighted by atomic mass is 10.2. The summed E-state index contributed by atoms with van der Waals surface area (Å²) in [5.74, 6) is 1.13. The minimum atomic E-state index is 0.502. The molecule has 90 valence electrons. The van der Waals surface area contributed by atoms with Gasteiger partial charge in [-0.1, -0.05) is 23.2 Å². The van der Waals surface area contributed by atoms with Gasteiger partial charge < -0.3 is 4.74 Å². The fourth-order valence-corrected chi connectivity index (χ4v) is 2.33. The maximum atomic E-state index is 8.77. The maximum Gasteiger partial charge on any atom is 0.141 e. The van der Waals surface area contributed by atoms with E-state index in [1.54, 1.807) is 36.4 Å². The summed E-state index contributed by atoms with van der Waals surface area (Å²) in [6.07, 6.45) is 0. The van der Waals surface area contributed by atoms with E-state index in [1.165, 1.54) is 0 Å². The molecule has 0 unspecified atom stereocenters. The molecule has 0 N–H and O–H groups in total. The molecular formula is C13H6BrCl2NO. The minimum absolute atomic E-state index is 0.502. The van der Waals surface area contributed by atoms with Crippen LogP contribution in [0.1, 0.15) is 5.56 Å². The summed E-state index contributed by atoms with van der Waals surface area (Å²) in [4.78, 5) is 0. The second-order valence-corrected chi connectivity index (χ2v) is 5.19. The zero-order valence-corrected chi connectivity index (χ0v) is 12.1. The Hall–Kier alpha value is -1.21. The van der Waals surface area contributed by atoms with Gasteiger partial charge in [-0.15, -0.1) is 0 Å². The van der Waals surface area contributed by atoms with Crippen LogP contribution in [0.3, 0.4) is 0 Å². The van der Waals surface area contributed by atoms with E-state index in [4.69, 9.17) is 33.2 Å². The molecule has 5 heteroatoms. The summed E-state index contributed by atoms with van der Waals surface area (Å²) >= 11 is 15.1. The van der Waals surface area contributed by atoms with Crippen molar-refractivity contribution in [3.8, 4) is 17.6 Å². The Labute approximate surface area is 123 Å². The molecule has 0 atom stereocenters. The number of rotatable bonds is 2. The lowest BCUT2D eigenvalue weighted by molar-refractivity contribution is 0.479. The van der Waals surface area contributed by atoms with E-state index in [0.717, 1.165) is 0 Å². The molecule has 2 aromatic carbocycles. The zero-order chi connectivity index (χ0) is 13.1. The quantitative estimate of drug-likeness (QED) is 0.730. The van der Waals surface area contributed by atoms with Crippen LogP contribution in [0, 0.1) is 11.3 Å². The van der Waals surface area contributed by atoms with Crippen molar-refractivity contribution in [2.45, 2.75) is 0 Å². The van der Waals surface area contributed by atoms with Gasteiger partial charge in [0.2, 0.25) is 0 Å². The molecule has 0 amide bonds. The van der Waals surface area contributed by atoms with Crippen molar-refractivity contribution >= 4 is 39.1 Å². The van der Waals surface area contributed by atoms with Gasteiger partial charge in [0.25, 0.3) is 0 Å². The van der Waals surface area contributed by atoms with Gasteiger partial charge >= 0.3 is 0 Å². The van der Waals surface area contributed by atoms with Crippen molar-refractivity contribution in [3.63, 3.8) is 0 Å². The second kappa shape index (κ2) is 5.62. The predicted octanol–water partition coefficient (Wildman–Crippen LogP) is 5.42. The molecule has 0 bridgehead atoms. The van der Waals surface area contributed by atoms with Crippen LogP contribution in [0.15, 0.2) is 40.9 Å². The molecule has 0 aliphatic carbocycles. The average Bonchev–Trinajstić information content (AvgIpc) is 2.30. The van der Waals surface area contributed by atoms with Crippen LogP contribution in [-0.4, -0.2) is 0 Å². The van der Waals surface area contributed by atoms with Crippen LogP contribution in [0.25, 0.3) is 0 Å². The first kappa shape index (κ1) is 13.2. The Morgan fingerprint density at radius 3 is 2.28 bits per heavy atom. The van der Waals surface area contributed by atoms with Crippen molar-refractivity contribution in [1.82, 2.24) is 0 Å². The van der Waals surface area contributed by atoms with E-state index in [0.29, 0.717) is 31.6 Å². The SMILES string of the molecule is N#Cc1ccc(Oc2cc(Cl)cc(Cl)c2)c(Br)c1. The highest BCUT2D eigenvalue weighted by molar-refractivity contribution is 9.10. The molecular weight excluding hydrogens is 337 g/mol. The molecule has 2 rings (SSSR count). The van der Waals surface area contributed by atoms with E-state index in [1.807, 2.05) is 6.07 Å². The molecule has 0 saturated heterocycles. The molecule has 0 aromatic heterocycles. The van der Waals surface area contributed by atoms with Crippen molar-refractivity contribution in [1.29, 1.82) is 5.26 Å². The lowest BCUT2D eigenvalue weighted by Crippen LogP contribution is -1.86. The van der Waals surface area contributed by atoms with Gasteiger partial charge in [-0.2, -0.15) is 5.26 Å². The Kier molecular flexibility index (Phi) is 4.13. The molecule has 18 heavy (non-hydrogen) atoms. The number of halogens is 3. The monoisotopic (exact) mass is 341 g/mol. The topological polar surface area (TPSA) is 33.0 Å². The van der Waals surface area contributed by atoms with Gasteiger partial charge in [0.1, 0.15) is 11.5 Å². The second-order valence-electron chi connectivity index (χ2n) is 3.46. The van der Waals surface area contributed by atoms with Crippen LogP contribution in [-0.2, 0) is 0 Å². The van der Waals surface area contributed by atoms with E-state index in [2.05, 4.69) is 15.9 Å². The minimum Gasteiger partial charge on any atom is -0.456 e. The van der Waals surface area contributed by atoms with Gasteiger partial charge in [-0.25, -0.2) is 0 Å². The van der Waals surface area contributed by atoms with Gasteiger partial charge in [0.05, 0.1) is 16.1 Å². The van der Waals surface area contributed by atoms with E-state index >= 15 is 0 Å². The third-order valence-corrected chi connectivity index (χ3v) is 3.18. The van der Waals surface area contributed by atoms with Gasteiger partial charge in [0.15, 0.2) is 0 Å². The number of ether oxygens (including phenoxy) is 1. The van der Waals surface area contributed by atoms with E-state index in [9.17, 15) is 0 Å². The van der Waals surface area contributed by atoms with E-state index < -0.39 is 0 Å². The van der Waals surface area contributed by atoms with Crippen LogP contribution in [0.4, 0.5) is 0 Å². The third-order valence-electron chi connectivity index (χ3n) is 2.12. The summed E-state index contributed by atoms with van der Waals surface area (Å²) < 4.78 is 6.34. The fourth-order valence-electron chi connectivity index (χ4n) is 1.37. The average molecular weight is 343 g/mol. The predicted molar refractivity (Wildman–Crippen MR) is 75.4 cm³/mol. The zero-order valence-electron chi connectivity index (χ0n) is 8.95.